The summed E-state index contributed by atoms with van der Waals surface area (Å²) in [5.41, 5.74) is 3.79. The summed E-state index contributed by atoms with van der Waals surface area (Å²) in [6, 6.07) is 13.9. The first-order chi connectivity index (χ1) is 12.7. The van der Waals surface area contributed by atoms with Crippen LogP contribution < -0.4 is 4.90 Å². The van der Waals surface area contributed by atoms with E-state index in [-0.39, 0.29) is 5.91 Å². The second kappa shape index (κ2) is 7.00. The van der Waals surface area contributed by atoms with Crippen molar-refractivity contribution >= 4 is 11.6 Å². The predicted octanol–water partition coefficient (Wildman–Crippen LogP) is 2.54. The van der Waals surface area contributed by atoms with Crippen LogP contribution in [0.5, 0.6) is 0 Å². The lowest BCUT2D eigenvalue weighted by atomic mass is 10.2. The third-order valence-corrected chi connectivity index (χ3v) is 4.68. The standard InChI is InChI=1S/C20H21N5O/c1-16-14-25(15-22-16)18-7-5-17(6-8-18)23-10-12-24(13-11-23)20(26)19-4-2-3-9-21-19/h2-9,14-15H,10-13H2,1H3. The van der Waals surface area contributed by atoms with Crippen LogP contribution in [0.3, 0.4) is 0 Å². The number of piperazine rings is 1. The maximum atomic E-state index is 12.5. The Morgan fingerprint density at radius 2 is 1.65 bits per heavy atom. The van der Waals surface area contributed by atoms with E-state index in [0.29, 0.717) is 18.8 Å². The zero-order valence-electron chi connectivity index (χ0n) is 14.7. The largest absolute Gasteiger partial charge is 0.368 e. The molecule has 26 heavy (non-hydrogen) atoms. The SMILES string of the molecule is Cc1cn(-c2ccc(N3CCN(C(=O)c4ccccn4)CC3)cc2)cn1. The number of aromatic nitrogens is 3. The van der Waals surface area contributed by atoms with Crippen LogP contribution >= 0.6 is 0 Å². The summed E-state index contributed by atoms with van der Waals surface area (Å²) < 4.78 is 2.02. The van der Waals surface area contributed by atoms with Crippen LogP contribution in [-0.2, 0) is 0 Å². The van der Waals surface area contributed by atoms with E-state index in [1.165, 1.54) is 5.69 Å². The smallest absolute Gasteiger partial charge is 0.272 e. The van der Waals surface area contributed by atoms with Gasteiger partial charge in [-0.15, -0.1) is 0 Å². The Morgan fingerprint density at radius 1 is 0.923 bits per heavy atom. The Labute approximate surface area is 152 Å². The highest BCUT2D eigenvalue weighted by atomic mass is 16.2. The fourth-order valence-electron chi connectivity index (χ4n) is 3.22. The molecule has 1 aliphatic heterocycles. The molecule has 0 aliphatic carbocycles. The first-order valence-corrected chi connectivity index (χ1v) is 8.77. The van der Waals surface area contributed by atoms with Crippen LogP contribution in [0.1, 0.15) is 16.2 Å². The molecule has 3 heterocycles. The number of hydrogen-bond donors (Lipinski definition) is 0. The number of carbonyl (C=O) groups excluding carboxylic acids is 1. The second-order valence-electron chi connectivity index (χ2n) is 6.43. The molecule has 3 aromatic rings. The van der Waals surface area contributed by atoms with Gasteiger partial charge in [-0.2, -0.15) is 0 Å². The minimum atomic E-state index is 0.0103. The molecule has 2 aromatic heterocycles. The first kappa shape index (κ1) is 16.3. The van der Waals surface area contributed by atoms with Crippen LogP contribution in [0, 0.1) is 6.92 Å². The molecular weight excluding hydrogens is 326 g/mol. The molecule has 1 aliphatic rings. The van der Waals surface area contributed by atoms with Crippen molar-refractivity contribution in [3.8, 4) is 5.69 Å². The van der Waals surface area contributed by atoms with Gasteiger partial charge in [0.25, 0.3) is 5.91 Å². The normalized spacial score (nSPS) is 14.5. The first-order valence-electron chi connectivity index (χ1n) is 8.77. The van der Waals surface area contributed by atoms with Gasteiger partial charge in [-0.3, -0.25) is 9.78 Å². The summed E-state index contributed by atoms with van der Waals surface area (Å²) in [5, 5.41) is 0. The molecule has 0 radical (unpaired) electrons. The number of hydrogen-bond acceptors (Lipinski definition) is 4. The lowest BCUT2D eigenvalue weighted by Crippen LogP contribution is -2.49. The molecule has 0 spiro atoms. The average Bonchev–Trinajstić information content (AvgIpc) is 3.15. The van der Waals surface area contributed by atoms with Gasteiger partial charge in [-0.25, -0.2) is 4.98 Å². The van der Waals surface area contributed by atoms with E-state index in [2.05, 4.69) is 39.1 Å². The molecular formula is C20H21N5O. The minimum absolute atomic E-state index is 0.0103. The number of aryl methyl sites for hydroxylation is 1. The van der Waals surface area contributed by atoms with Crippen molar-refractivity contribution in [1.82, 2.24) is 19.4 Å². The maximum absolute atomic E-state index is 12.5. The molecule has 0 unspecified atom stereocenters. The molecule has 1 amide bonds. The highest BCUT2D eigenvalue weighted by Gasteiger charge is 2.22. The van der Waals surface area contributed by atoms with Crippen LogP contribution in [0.15, 0.2) is 61.2 Å². The van der Waals surface area contributed by atoms with Gasteiger partial charge in [0.15, 0.2) is 0 Å². The Morgan fingerprint density at radius 3 is 2.27 bits per heavy atom. The van der Waals surface area contributed by atoms with Gasteiger partial charge in [0, 0.05) is 49.9 Å². The summed E-state index contributed by atoms with van der Waals surface area (Å²) in [7, 11) is 0. The number of rotatable bonds is 3. The van der Waals surface area contributed by atoms with Crippen LogP contribution in [-0.4, -0.2) is 51.5 Å². The molecule has 6 nitrogen and oxygen atoms in total. The molecule has 1 aromatic carbocycles. The predicted molar refractivity (Wildman–Crippen MR) is 101 cm³/mol. The molecule has 0 saturated carbocycles. The van der Waals surface area contributed by atoms with E-state index < -0.39 is 0 Å². The fourth-order valence-corrected chi connectivity index (χ4v) is 3.22. The average molecular weight is 347 g/mol. The van der Waals surface area contributed by atoms with E-state index in [9.17, 15) is 4.79 Å². The molecule has 0 bridgehead atoms. The van der Waals surface area contributed by atoms with Gasteiger partial charge in [0.05, 0.1) is 12.0 Å². The summed E-state index contributed by atoms with van der Waals surface area (Å²) in [6.07, 6.45) is 5.50. The number of nitrogens with zero attached hydrogens (tertiary/aromatic N) is 5. The lowest BCUT2D eigenvalue weighted by molar-refractivity contribution is 0.0741. The number of carbonyl (C=O) groups is 1. The molecule has 4 rings (SSSR count). The third-order valence-electron chi connectivity index (χ3n) is 4.68. The molecule has 0 atom stereocenters. The topological polar surface area (TPSA) is 54.3 Å². The van der Waals surface area contributed by atoms with Gasteiger partial charge in [0.1, 0.15) is 5.69 Å². The second-order valence-corrected chi connectivity index (χ2v) is 6.43. The maximum Gasteiger partial charge on any atom is 0.272 e. The van der Waals surface area contributed by atoms with E-state index in [4.69, 9.17) is 0 Å². The van der Waals surface area contributed by atoms with Gasteiger partial charge < -0.3 is 14.4 Å². The van der Waals surface area contributed by atoms with Crippen LogP contribution in [0.2, 0.25) is 0 Å². The fraction of sp³-hybridized carbons (Fsp3) is 0.250. The van der Waals surface area contributed by atoms with Crippen molar-refractivity contribution < 1.29 is 4.79 Å². The van der Waals surface area contributed by atoms with Crippen molar-refractivity contribution in [3.05, 3.63) is 72.6 Å². The zero-order valence-corrected chi connectivity index (χ0v) is 14.7. The van der Waals surface area contributed by atoms with Crippen molar-refractivity contribution in [2.45, 2.75) is 6.92 Å². The Hall–Kier alpha value is -3.15. The summed E-state index contributed by atoms with van der Waals surface area (Å²) in [4.78, 5) is 25.1. The molecule has 0 N–H and O–H groups in total. The van der Waals surface area contributed by atoms with Crippen molar-refractivity contribution in [2.75, 3.05) is 31.1 Å². The Balaban J connectivity index is 1.39. The van der Waals surface area contributed by atoms with E-state index >= 15 is 0 Å². The minimum Gasteiger partial charge on any atom is -0.368 e. The summed E-state index contributed by atoms with van der Waals surface area (Å²) in [5.74, 6) is 0.0103. The zero-order chi connectivity index (χ0) is 17.9. The van der Waals surface area contributed by atoms with E-state index in [1.807, 2.05) is 41.0 Å². The molecule has 132 valence electrons. The number of pyridine rings is 1. The quantitative estimate of drug-likeness (QED) is 0.731. The number of imidazole rings is 1. The van der Waals surface area contributed by atoms with Gasteiger partial charge in [-0.05, 0) is 43.3 Å². The van der Waals surface area contributed by atoms with Crippen molar-refractivity contribution in [1.29, 1.82) is 0 Å². The highest BCUT2D eigenvalue weighted by molar-refractivity contribution is 5.92. The third kappa shape index (κ3) is 3.31. The highest BCUT2D eigenvalue weighted by Crippen LogP contribution is 2.20. The number of amides is 1. The van der Waals surface area contributed by atoms with Crippen molar-refractivity contribution in [3.63, 3.8) is 0 Å². The molecule has 6 heteroatoms. The van der Waals surface area contributed by atoms with Crippen LogP contribution in [0.4, 0.5) is 5.69 Å². The molecule has 1 fully saturated rings. The summed E-state index contributed by atoms with van der Waals surface area (Å²) >= 11 is 0. The monoisotopic (exact) mass is 347 g/mol. The lowest BCUT2D eigenvalue weighted by Gasteiger charge is -2.36. The Kier molecular flexibility index (Phi) is 4.39. The van der Waals surface area contributed by atoms with Crippen molar-refractivity contribution in [2.24, 2.45) is 0 Å². The number of benzene rings is 1. The van der Waals surface area contributed by atoms with E-state index in [1.54, 1.807) is 12.3 Å². The van der Waals surface area contributed by atoms with Gasteiger partial charge in [-0.1, -0.05) is 6.07 Å². The molecule has 1 saturated heterocycles. The summed E-state index contributed by atoms with van der Waals surface area (Å²) in [6.45, 7) is 5.04. The van der Waals surface area contributed by atoms with E-state index in [0.717, 1.165) is 24.5 Å². The van der Waals surface area contributed by atoms with Crippen LogP contribution in [0.25, 0.3) is 5.69 Å². The Bertz CT molecular complexity index is 880. The van der Waals surface area contributed by atoms with Gasteiger partial charge in [0.2, 0.25) is 0 Å². The van der Waals surface area contributed by atoms with Gasteiger partial charge >= 0.3 is 0 Å². The number of anilines is 1.